The largest absolute Gasteiger partial charge is 0.497 e. The van der Waals surface area contributed by atoms with Crippen LogP contribution in [0.25, 0.3) is 0 Å². The van der Waals surface area contributed by atoms with E-state index in [1.807, 2.05) is 36.4 Å². The van der Waals surface area contributed by atoms with Crippen LogP contribution in [-0.2, 0) is 23.4 Å². The van der Waals surface area contributed by atoms with Crippen molar-refractivity contribution in [1.29, 1.82) is 0 Å². The number of hydrogen-bond acceptors (Lipinski definition) is 7. The van der Waals surface area contributed by atoms with Crippen LogP contribution in [0.1, 0.15) is 44.6 Å². The number of benzene rings is 2. The van der Waals surface area contributed by atoms with Gasteiger partial charge in [-0.3, -0.25) is 4.79 Å². The molecule has 1 atom stereocenters. The van der Waals surface area contributed by atoms with E-state index in [0.717, 1.165) is 17.1 Å². The van der Waals surface area contributed by atoms with Crippen LogP contribution in [0.4, 0.5) is 0 Å². The van der Waals surface area contributed by atoms with Gasteiger partial charge >= 0.3 is 0 Å². The van der Waals surface area contributed by atoms with Crippen LogP contribution in [0.3, 0.4) is 0 Å². The van der Waals surface area contributed by atoms with Crippen LogP contribution >= 0.6 is 11.8 Å². The minimum atomic E-state index is -0.395. The summed E-state index contributed by atoms with van der Waals surface area (Å²) in [5, 5.41) is 11.2. The summed E-state index contributed by atoms with van der Waals surface area (Å²) in [5.74, 6) is 8.00. The van der Waals surface area contributed by atoms with Gasteiger partial charge in [0.25, 0.3) is 0 Å². The van der Waals surface area contributed by atoms with Crippen molar-refractivity contribution < 1.29 is 14.3 Å². The maximum absolute atomic E-state index is 12.5. The molecule has 0 spiro atoms. The van der Waals surface area contributed by atoms with Crippen molar-refractivity contribution >= 4 is 17.7 Å². The summed E-state index contributed by atoms with van der Waals surface area (Å²) in [7, 11) is 1.62. The van der Waals surface area contributed by atoms with Crippen LogP contribution in [0.15, 0.2) is 53.7 Å². The Bertz CT molecular complexity index is 1060. The average Bonchev–Trinajstić information content (AvgIpc) is 3.15. The SMILES string of the molecule is COc1ccc(CNC(=O)C(C)Sc2nnc(COc3ccc(C(C)(C)C)cc3)n2N)cc1. The van der Waals surface area contributed by atoms with Gasteiger partial charge in [-0.05, 0) is 47.7 Å². The minimum absolute atomic E-state index is 0.0831. The van der Waals surface area contributed by atoms with Crippen LogP contribution in [0.5, 0.6) is 11.5 Å². The lowest BCUT2D eigenvalue weighted by Gasteiger charge is -2.19. The Hall–Kier alpha value is -3.20. The van der Waals surface area contributed by atoms with E-state index in [1.54, 1.807) is 14.0 Å². The van der Waals surface area contributed by atoms with Crippen molar-refractivity contribution in [2.24, 2.45) is 0 Å². The van der Waals surface area contributed by atoms with Gasteiger partial charge in [-0.25, -0.2) is 4.68 Å². The normalized spacial score (nSPS) is 12.3. The molecule has 0 aliphatic rings. The van der Waals surface area contributed by atoms with Crippen LogP contribution in [0, 0.1) is 0 Å². The molecule has 1 amide bonds. The van der Waals surface area contributed by atoms with Gasteiger partial charge in [0.05, 0.1) is 12.4 Å². The van der Waals surface area contributed by atoms with E-state index < -0.39 is 5.25 Å². The molecular formula is C24H31N5O3S. The van der Waals surface area contributed by atoms with E-state index in [2.05, 4.69) is 48.4 Å². The fourth-order valence-corrected chi connectivity index (χ4v) is 3.79. The molecule has 0 saturated carbocycles. The fourth-order valence-electron chi connectivity index (χ4n) is 2.97. The number of nitrogens with zero attached hydrogens (tertiary/aromatic N) is 3. The molecule has 0 aliphatic carbocycles. The van der Waals surface area contributed by atoms with Gasteiger partial charge in [-0.15, -0.1) is 10.2 Å². The maximum Gasteiger partial charge on any atom is 0.233 e. The molecule has 8 nitrogen and oxygen atoms in total. The molecule has 3 N–H and O–H groups in total. The maximum atomic E-state index is 12.5. The summed E-state index contributed by atoms with van der Waals surface area (Å²) in [6.45, 7) is 8.90. The molecule has 0 saturated heterocycles. The number of aromatic nitrogens is 3. The zero-order chi connectivity index (χ0) is 24.0. The zero-order valence-electron chi connectivity index (χ0n) is 19.7. The molecule has 0 aliphatic heterocycles. The second-order valence-corrected chi connectivity index (χ2v) is 9.97. The van der Waals surface area contributed by atoms with Crippen LogP contribution in [-0.4, -0.2) is 33.1 Å². The van der Waals surface area contributed by atoms with Gasteiger partial charge in [0.1, 0.15) is 18.1 Å². The number of methoxy groups -OCH3 is 1. The topological polar surface area (TPSA) is 104 Å². The van der Waals surface area contributed by atoms with Gasteiger partial charge in [0, 0.05) is 6.54 Å². The zero-order valence-corrected chi connectivity index (χ0v) is 20.5. The number of carbonyl (C=O) groups excluding carboxylic acids is 1. The van der Waals surface area contributed by atoms with E-state index in [4.69, 9.17) is 15.3 Å². The molecule has 0 bridgehead atoms. The second-order valence-electron chi connectivity index (χ2n) is 8.66. The highest BCUT2D eigenvalue weighted by Gasteiger charge is 2.19. The number of thioether (sulfide) groups is 1. The first-order chi connectivity index (χ1) is 15.7. The third-order valence-electron chi connectivity index (χ3n) is 5.10. The third kappa shape index (κ3) is 6.64. The molecule has 2 aromatic carbocycles. The molecule has 176 valence electrons. The summed E-state index contributed by atoms with van der Waals surface area (Å²) in [6.07, 6.45) is 0. The second kappa shape index (κ2) is 10.6. The summed E-state index contributed by atoms with van der Waals surface area (Å²) in [5.41, 5.74) is 2.30. The Morgan fingerprint density at radius 1 is 1.09 bits per heavy atom. The quantitative estimate of drug-likeness (QED) is 0.364. The van der Waals surface area contributed by atoms with Gasteiger partial charge in [0.15, 0.2) is 5.82 Å². The highest BCUT2D eigenvalue weighted by atomic mass is 32.2. The molecule has 3 rings (SSSR count). The predicted octanol–water partition coefficient (Wildman–Crippen LogP) is 3.67. The summed E-state index contributed by atoms with van der Waals surface area (Å²) in [4.78, 5) is 12.5. The Morgan fingerprint density at radius 2 is 1.73 bits per heavy atom. The molecule has 9 heteroatoms. The highest BCUT2D eigenvalue weighted by molar-refractivity contribution is 8.00. The monoisotopic (exact) mass is 469 g/mol. The first-order valence-corrected chi connectivity index (χ1v) is 11.6. The number of ether oxygens (including phenoxy) is 2. The molecule has 0 radical (unpaired) electrons. The summed E-state index contributed by atoms with van der Waals surface area (Å²) in [6, 6.07) is 15.5. The van der Waals surface area contributed by atoms with Gasteiger partial charge in [0.2, 0.25) is 11.1 Å². The Labute approximate surface area is 198 Å². The van der Waals surface area contributed by atoms with Crippen molar-refractivity contribution in [3.05, 3.63) is 65.5 Å². The van der Waals surface area contributed by atoms with E-state index in [0.29, 0.717) is 17.5 Å². The van der Waals surface area contributed by atoms with Gasteiger partial charge < -0.3 is 20.6 Å². The number of carbonyl (C=O) groups is 1. The number of nitrogens with two attached hydrogens (primary N) is 1. The smallest absolute Gasteiger partial charge is 0.233 e. The van der Waals surface area contributed by atoms with Crippen molar-refractivity contribution in [2.45, 2.75) is 56.7 Å². The molecule has 3 aromatic rings. The Morgan fingerprint density at radius 3 is 2.33 bits per heavy atom. The number of amides is 1. The molecule has 1 unspecified atom stereocenters. The van der Waals surface area contributed by atoms with E-state index in [1.165, 1.54) is 22.0 Å². The number of rotatable bonds is 9. The van der Waals surface area contributed by atoms with E-state index >= 15 is 0 Å². The van der Waals surface area contributed by atoms with Crippen molar-refractivity contribution in [1.82, 2.24) is 20.2 Å². The van der Waals surface area contributed by atoms with Crippen LogP contribution < -0.4 is 20.6 Å². The highest BCUT2D eigenvalue weighted by Crippen LogP contribution is 2.25. The lowest BCUT2D eigenvalue weighted by molar-refractivity contribution is -0.120. The molecule has 1 heterocycles. The number of nitrogens with one attached hydrogen (secondary N) is 1. The van der Waals surface area contributed by atoms with Gasteiger partial charge in [-0.1, -0.05) is 56.8 Å². The third-order valence-corrected chi connectivity index (χ3v) is 6.16. The standard InChI is InChI=1S/C24H31N5O3S/c1-16(22(30)26-14-17-6-10-19(31-5)11-7-17)33-23-28-27-21(29(23)25)15-32-20-12-8-18(9-13-20)24(2,3)4/h6-13,16H,14-15,25H2,1-5H3,(H,26,30). The van der Waals surface area contributed by atoms with E-state index in [9.17, 15) is 4.79 Å². The first-order valence-electron chi connectivity index (χ1n) is 10.7. The average molecular weight is 470 g/mol. The van der Waals surface area contributed by atoms with E-state index in [-0.39, 0.29) is 17.9 Å². The number of hydrogen-bond donors (Lipinski definition) is 2. The number of nitrogen functional groups attached to an aromatic ring is 1. The molecule has 1 aromatic heterocycles. The van der Waals surface area contributed by atoms with Crippen LogP contribution in [0.2, 0.25) is 0 Å². The lowest BCUT2D eigenvalue weighted by Crippen LogP contribution is -2.31. The fraction of sp³-hybridized carbons (Fsp3) is 0.375. The Kier molecular flexibility index (Phi) is 7.86. The van der Waals surface area contributed by atoms with Gasteiger partial charge in [-0.2, -0.15) is 0 Å². The predicted molar refractivity (Wildman–Crippen MR) is 130 cm³/mol. The van der Waals surface area contributed by atoms with Crippen molar-refractivity contribution in [2.75, 3.05) is 13.0 Å². The van der Waals surface area contributed by atoms with Crippen molar-refractivity contribution in [3.8, 4) is 11.5 Å². The molecule has 33 heavy (non-hydrogen) atoms. The first kappa shape index (κ1) is 24.4. The Balaban J connectivity index is 1.51. The molecule has 0 fully saturated rings. The summed E-state index contributed by atoms with van der Waals surface area (Å²) < 4.78 is 12.3. The summed E-state index contributed by atoms with van der Waals surface area (Å²) >= 11 is 1.24. The minimum Gasteiger partial charge on any atom is -0.497 e. The van der Waals surface area contributed by atoms with Crippen molar-refractivity contribution in [3.63, 3.8) is 0 Å². The lowest BCUT2D eigenvalue weighted by atomic mass is 9.87. The molecular weight excluding hydrogens is 438 g/mol.